The second kappa shape index (κ2) is 9.45. The van der Waals surface area contributed by atoms with Gasteiger partial charge >= 0.3 is 0 Å². The lowest BCUT2D eigenvalue weighted by Gasteiger charge is -2.28. The van der Waals surface area contributed by atoms with Gasteiger partial charge in [-0.1, -0.05) is 51.2 Å². The van der Waals surface area contributed by atoms with Crippen molar-refractivity contribution in [3.63, 3.8) is 0 Å². The predicted octanol–water partition coefficient (Wildman–Crippen LogP) is 5.03. The molecule has 2 aliphatic rings. The second-order valence-corrected chi connectivity index (χ2v) is 8.35. The standard InChI is InChI=1S/C22H29NO3S/c1-3-26-18-14-12-16(13-15-18)19-20(27-4-2)22(25)23(21(19)24)17-10-8-6-5-7-9-11-17/h12-15,17H,3-11H2,1-2H3. The van der Waals surface area contributed by atoms with Crippen LogP contribution in [0.3, 0.4) is 0 Å². The van der Waals surface area contributed by atoms with Crippen molar-refractivity contribution in [2.45, 2.75) is 64.8 Å². The van der Waals surface area contributed by atoms with E-state index in [-0.39, 0.29) is 17.9 Å². The molecule has 0 radical (unpaired) electrons. The first-order chi connectivity index (χ1) is 13.2. The Kier molecular flexibility index (Phi) is 7.00. The Hall–Kier alpha value is -1.75. The molecule has 3 rings (SSSR count). The number of carbonyl (C=O) groups is 2. The normalized spacial score (nSPS) is 19.4. The van der Waals surface area contributed by atoms with Crippen molar-refractivity contribution < 1.29 is 14.3 Å². The van der Waals surface area contributed by atoms with E-state index in [1.54, 1.807) is 4.90 Å². The van der Waals surface area contributed by atoms with Crippen molar-refractivity contribution in [2.75, 3.05) is 12.4 Å². The lowest BCUT2D eigenvalue weighted by molar-refractivity contribution is -0.139. The minimum Gasteiger partial charge on any atom is -0.494 e. The number of ether oxygens (including phenoxy) is 1. The Labute approximate surface area is 166 Å². The summed E-state index contributed by atoms with van der Waals surface area (Å²) in [6.45, 7) is 4.56. The Balaban J connectivity index is 1.90. The van der Waals surface area contributed by atoms with Crippen LogP contribution in [0.2, 0.25) is 0 Å². The van der Waals surface area contributed by atoms with E-state index in [0.29, 0.717) is 17.1 Å². The molecule has 4 nitrogen and oxygen atoms in total. The molecule has 146 valence electrons. The summed E-state index contributed by atoms with van der Waals surface area (Å²) in [6, 6.07) is 7.57. The monoisotopic (exact) mass is 387 g/mol. The van der Waals surface area contributed by atoms with Gasteiger partial charge in [-0.05, 0) is 43.2 Å². The molecular formula is C22H29NO3S. The number of benzene rings is 1. The van der Waals surface area contributed by atoms with Crippen molar-refractivity contribution in [3.8, 4) is 5.75 Å². The average molecular weight is 388 g/mol. The molecule has 0 unspecified atom stereocenters. The summed E-state index contributed by atoms with van der Waals surface area (Å²) in [5.41, 5.74) is 1.37. The van der Waals surface area contributed by atoms with Gasteiger partial charge < -0.3 is 4.74 Å². The fraction of sp³-hybridized carbons (Fsp3) is 0.545. The van der Waals surface area contributed by atoms with E-state index in [1.165, 1.54) is 31.0 Å². The Morgan fingerprint density at radius 3 is 2.19 bits per heavy atom. The third-order valence-corrected chi connectivity index (χ3v) is 6.21. The number of rotatable bonds is 6. The van der Waals surface area contributed by atoms with Gasteiger partial charge in [-0.2, -0.15) is 0 Å². The van der Waals surface area contributed by atoms with E-state index in [9.17, 15) is 9.59 Å². The van der Waals surface area contributed by atoms with Gasteiger partial charge in [-0.15, -0.1) is 11.8 Å². The molecule has 0 aromatic heterocycles. The molecule has 1 aliphatic heterocycles. The first-order valence-electron chi connectivity index (χ1n) is 10.2. The highest BCUT2D eigenvalue weighted by atomic mass is 32.2. The highest BCUT2D eigenvalue weighted by molar-refractivity contribution is 8.04. The number of carbonyl (C=O) groups excluding carboxylic acids is 2. The summed E-state index contributed by atoms with van der Waals surface area (Å²) in [7, 11) is 0. The van der Waals surface area contributed by atoms with Crippen LogP contribution in [0.5, 0.6) is 5.75 Å². The van der Waals surface area contributed by atoms with Gasteiger partial charge in [0, 0.05) is 6.04 Å². The number of hydrogen-bond donors (Lipinski definition) is 0. The molecular weight excluding hydrogens is 358 g/mol. The molecule has 0 spiro atoms. The summed E-state index contributed by atoms with van der Waals surface area (Å²) in [5, 5.41) is 0. The first-order valence-corrected chi connectivity index (χ1v) is 11.1. The summed E-state index contributed by atoms with van der Waals surface area (Å²) in [6.07, 6.45) is 7.70. The second-order valence-electron chi connectivity index (χ2n) is 7.07. The van der Waals surface area contributed by atoms with Crippen LogP contribution in [0.15, 0.2) is 29.2 Å². The van der Waals surface area contributed by atoms with Gasteiger partial charge in [-0.25, -0.2) is 0 Å². The van der Waals surface area contributed by atoms with Crippen LogP contribution in [0.25, 0.3) is 5.57 Å². The molecule has 0 bridgehead atoms. The van der Waals surface area contributed by atoms with E-state index in [2.05, 4.69) is 0 Å². The van der Waals surface area contributed by atoms with E-state index in [4.69, 9.17) is 4.74 Å². The van der Waals surface area contributed by atoms with Crippen LogP contribution in [-0.4, -0.2) is 35.1 Å². The molecule has 0 saturated heterocycles. The molecule has 1 aromatic rings. The molecule has 0 N–H and O–H groups in total. The maximum absolute atomic E-state index is 13.3. The first kappa shape index (κ1) is 20.0. The van der Waals surface area contributed by atoms with E-state index < -0.39 is 0 Å². The Bertz CT molecular complexity index is 703. The quantitative estimate of drug-likeness (QED) is 0.642. The summed E-state index contributed by atoms with van der Waals surface area (Å²) >= 11 is 1.48. The maximum Gasteiger partial charge on any atom is 0.268 e. The smallest absolute Gasteiger partial charge is 0.268 e. The van der Waals surface area contributed by atoms with E-state index >= 15 is 0 Å². The van der Waals surface area contributed by atoms with Gasteiger partial charge in [0.2, 0.25) is 0 Å². The summed E-state index contributed by atoms with van der Waals surface area (Å²) < 4.78 is 5.50. The van der Waals surface area contributed by atoms with Crippen molar-refractivity contribution in [1.29, 1.82) is 0 Å². The minimum atomic E-state index is -0.120. The fourth-order valence-corrected chi connectivity index (χ4v) is 4.83. The van der Waals surface area contributed by atoms with Gasteiger partial charge in [0.25, 0.3) is 11.8 Å². The van der Waals surface area contributed by atoms with Gasteiger partial charge in [0.15, 0.2) is 0 Å². The van der Waals surface area contributed by atoms with Crippen LogP contribution < -0.4 is 4.74 Å². The number of hydrogen-bond acceptors (Lipinski definition) is 4. The minimum absolute atomic E-state index is 0.0398. The third kappa shape index (κ3) is 4.40. The molecule has 1 aliphatic carbocycles. The van der Waals surface area contributed by atoms with E-state index in [1.807, 2.05) is 38.1 Å². The van der Waals surface area contributed by atoms with Crippen molar-refractivity contribution in [2.24, 2.45) is 0 Å². The van der Waals surface area contributed by atoms with Crippen molar-refractivity contribution >= 4 is 29.1 Å². The highest BCUT2D eigenvalue weighted by Gasteiger charge is 2.42. The number of nitrogens with zero attached hydrogens (tertiary/aromatic N) is 1. The Morgan fingerprint density at radius 1 is 0.963 bits per heavy atom. The number of thioether (sulfide) groups is 1. The molecule has 1 aromatic carbocycles. The maximum atomic E-state index is 13.3. The topological polar surface area (TPSA) is 46.6 Å². The summed E-state index contributed by atoms with van der Waals surface area (Å²) in [4.78, 5) is 28.6. The molecule has 1 saturated carbocycles. The molecule has 2 amide bonds. The van der Waals surface area contributed by atoms with Crippen LogP contribution in [0.4, 0.5) is 0 Å². The fourth-order valence-electron chi connectivity index (χ4n) is 3.97. The van der Waals surface area contributed by atoms with Crippen LogP contribution >= 0.6 is 11.8 Å². The molecule has 1 heterocycles. The lowest BCUT2D eigenvalue weighted by atomic mass is 9.95. The number of imide groups is 1. The van der Waals surface area contributed by atoms with Gasteiger partial charge in [0.1, 0.15) is 5.75 Å². The number of amides is 2. The zero-order valence-corrected chi connectivity index (χ0v) is 17.1. The van der Waals surface area contributed by atoms with Crippen LogP contribution in [0.1, 0.15) is 64.4 Å². The lowest BCUT2D eigenvalue weighted by Crippen LogP contribution is -2.41. The molecule has 0 atom stereocenters. The third-order valence-electron chi connectivity index (χ3n) is 5.26. The largest absolute Gasteiger partial charge is 0.494 e. The predicted molar refractivity (Wildman–Crippen MR) is 111 cm³/mol. The average Bonchev–Trinajstić information content (AvgIpc) is 2.87. The highest BCUT2D eigenvalue weighted by Crippen LogP contribution is 2.39. The van der Waals surface area contributed by atoms with Crippen molar-refractivity contribution in [1.82, 2.24) is 4.90 Å². The SMILES string of the molecule is CCOc1ccc(C2=C(SCC)C(=O)N(C3CCCCCCC3)C2=O)cc1. The Morgan fingerprint density at radius 2 is 1.59 bits per heavy atom. The van der Waals surface area contributed by atoms with Crippen molar-refractivity contribution in [3.05, 3.63) is 34.7 Å². The molecule has 1 fully saturated rings. The van der Waals surface area contributed by atoms with Gasteiger partial charge in [0.05, 0.1) is 17.1 Å². The molecule has 27 heavy (non-hydrogen) atoms. The van der Waals surface area contributed by atoms with Crippen LogP contribution in [-0.2, 0) is 9.59 Å². The molecule has 5 heteroatoms. The zero-order chi connectivity index (χ0) is 19.2. The van der Waals surface area contributed by atoms with Crippen LogP contribution in [0, 0.1) is 0 Å². The summed E-state index contributed by atoms with van der Waals surface area (Å²) in [5.74, 6) is 1.33. The zero-order valence-electron chi connectivity index (χ0n) is 16.3. The van der Waals surface area contributed by atoms with Gasteiger partial charge in [-0.3, -0.25) is 14.5 Å². The van der Waals surface area contributed by atoms with E-state index in [0.717, 1.165) is 42.7 Å².